The summed E-state index contributed by atoms with van der Waals surface area (Å²) in [5.74, 6) is -2.06. The number of hydrogen-bond donors (Lipinski definition) is 0. The molecule has 2 aromatic rings. The molecule has 1 fully saturated rings. The van der Waals surface area contributed by atoms with Crippen LogP contribution >= 0.6 is 11.6 Å². The number of halogens is 13. The van der Waals surface area contributed by atoms with Crippen LogP contribution in [0.5, 0.6) is 0 Å². The lowest BCUT2D eigenvalue weighted by atomic mass is 9.85. The van der Waals surface area contributed by atoms with Crippen molar-refractivity contribution in [1.29, 1.82) is 0 Å². The summed E-state index contributed by atoms with van der Waals surface area (Å²) < 4.78 is 161. The standard InChI is InChI=1S/C26H18ClF12N3O3/c27-17-7-15(6-16(8-17)25(34,35)36)22(26(37,38)39)10-19(40-45-22)13-1-2-18(14(5-13)9-24(31,32)33)21(44)42-11-20(43)41(12-42)4-3-23(28,29)30/h1-2,5-8H,3-4,9-12H2. The number of hydrogen-bond acceptors (Lipinski definition) is 4. The molecule has 45 heavy (non-hydrogen) atoms. The van der Waals surface area contributed by atoms with Crippen LogP contribution in [-0.4, -0.2) is 65.6 Å². The van der Waals surface area contributed by atoms with Gasteiger partial charge in [0.1, 0.15) is 6.54 Å². The predicted molar refractivity (Wildman–Crippen MR) is 131 cm³/mol. The smallest absolute Gasteiger partial charge is 0.374 e. The van der Waals surface area contributed by atoms with E-state index in [1.807, 2.05) is 0 Å². The molecular formula is C26H18ClF12N3O3. The Labute approximate surface area is 250 Å². The van der Waals surface area contributed by atoms with Gasteiger partial charge >= 0.3 is 24.7 Å². The molecule has 1 unspecified atom stereocenters. The van der Waals surface area contributed by atoms with Crippen molar-refractivity contribution in [3.8, 4) is 0 Å². The third-order valence-corrected chi connectivity index (χ3v) is 7.13. The molecule has 1 saturated heterocycles. The van der Waals surface area contributed by atoms with Crippen LogP contribution in [0.4, 0.5) is 52.7 Å². The van der Waals surface area contributed by atoms with Gasteiger partial charge in [0.05, 0.1) is 30.8 Å². The molecule has 4 rings (SSSR count). The minimum absolute atomic E-state index is 0.157. The molecular weight excluding hydrogens is 666 g/mol. The van der Waals surface area contributed by atoms with Crippen molar-refractivity contribution in [2.45, 2.75) is 49.6 Å². The predicted octanol–water partition coefficient (Wildman–Crippen LogP) is 7.24. The average molecular weight is 684 g/mol. The molecule has 0 aromatic heterocycles. The Morgan fingerprint density at radius 3 is 2.18 bits per heavy atom. The van der Waals surface area contributed by atoms with Crippen molar-refractivity contribution < 1.29 is 67.1 Å². The Hall–Kier alpha value is -3.70. The fourth-order valence-electron chi connectivity index (χ4n) is 4.75. The molecule has 0 N–H and O–H groups in total. The van der Waals surface area contributed by atoms with E-state index in [9.17, 15) is 62.3 Å². The Balaban J connectivity index is 1.67. The zero-order valence-electron chi connectivity index (χ0n) is 22.2. The summed E-state index contributed by atoms with van der Waals surface area (Å²) in [6, 6.07) is 3.53. The van der Waals surface area contributed by atoms with Crippen molar-refractivity contribution in [2.24, 2.45) is 5.16 Å². The van der Waals surface area contributed by atoms with E-state index >= 15 is 0 Å². The van der Waals surface area contributed by atoms with Crippen molar-refractivity contribution in [2.75, 3.05) is 19.8 Å². The maximum atomic E-state index is 14.4. The van der Waals surface area contributed by atoms with Crippen LogP contribution in [0, 0.1) is 0 Å². The molecule has 0 saturated carbocycles. The lowest BCUT2D eigenvalue weighted by Crippen LogP contribution is -2.43. The SMILES string of the molecule is O=C1CN(C(=O)c2ccc(C3=NOC(c4cc(Cl)cc(C(F)(F)F)c4)(C(F)(F)F)C3)cc2CC(F)(F)F)CN1CCC(F)(F)F. The van der Waals surface area contributed by atoms with E-state index in [0.717, 1.165) is 12.1 Å². The molecule has 2 aromatic carbocycles. The fourth-order valence-corrected chi connectivity index (χ4v) is 4.99. The molecule has 0 aliphatic carbocycles. The van der Waals surface area contributed by atoms with Gasteiger partial charge in [0.2, 0.25) is 5.91 Å². The lowest BCUT2D eigenvalue weighted by molar-refractivity contribution is -0.276. The first kappa shape index (κ1) is 34.2. The second kappa shape index (κ2) is 11.6. The molecule has 246 valence electrons. The number of amides is 2. The van der Waals surface area contributed by atoms with Crippen molar-refractivity contribution in [3.63, 3.8) is 0 Å². The maximum Gasteiger partial charge on any atom is 0.435 e. The van der Waals surface area contributed by atoms with Gasteiger partial charge in [-0.15, -0.1) is 0 Å². The van der Waals surface area contributed by atoms with Gasteiger partial charge in [0.15, 0.2) is 0 Å². The van der Waals surface area contributed by atoms with Crippen LogP contribution in [0.25, 0.3) is 0 Å². The van der Waals surface area contributed by atoms with Crippen LogP contribution in [0.3, 0.4) is 0 Å². The molecule has 2 amide bonds. The highest BCUT2D eigenvalue weighted by Gasteiger charge is 2.62. The first-order chi connectivity index (χ1) is 20.5. The summed E-state index contributed by atoms with van der Waals surface area (Å²) in [5.41, 5.74) is -8.57. The molecule has 6 nitrogen and oxygen atoms in total. The first-order valence-corrected chi connectivity index (χ1v) is 12.9. The van der Waals surface area contributed by atoms with Gasteiger partial charge in [0.25, 0.3) is 11.5 Å². The number of nitrogens with zero attached hydrogens (tertiary/aromatic N) is 3. The van der Waals surface area contributed by atoms with Crippen molar-refractivity contribution in [1.82, 2.24) is 9.80 Å². The lowest BCUT2D eigenvalue weighted by Gasteiger charge is -2.30. The highest BCUT2D eigenvalue weighted by atomic mass is 35.5. The summed E-state index contributed by atoms with van der Waals surface area (Å²) in [6.07, 6.45) is -24.6. The summed E-state index contributed by atoms with van der Waals surface area (Å²) >= 11 is 5.66. The van der Waals surface area contributed by atoms with E-state index < -0.39 is 120 Å². The maximum absolute atomic E-state index is 14.4. The molecule has 0 radical (unpaired) electrons. The second-order valence-corrected chi connectivity index (χ2v) is 10.6. The van der Waals surface area contributed by atoms with E-state index in [4.69, 9.17) is 11.6 Å². The van der Waals surface area contributed by atoms with Crippen LogP contribution < -0.4 is 0 Å². The topological polar surface area (TPSA) is 62.2 Å². The number of rotatable bonds is 6. The summed E-state index contributed by atoms with van der Waals surface area (Å²) in [4.78, 5) is 31.3. The molecule has 2 heterocycles. The zero-order chi connectivity index (χ0) is 33.8. The van der Waals surface area contributed by atoms with Crippen molar-refractivity contribution in [3.05, 3.63) is 69.2 Å². The normalized spacial score (nSPS) is 19.7. The third-order valence-electron chi connectivity index (χ3n) is 6.91. The Bertz CT molecular complexity index is 1520. The van der Waals surface area contributed by atoms with Gasteiger partial charge < -0.3 is 14.6 Å². The fraction of sp³-hybridized carbons (Fsp3) is 0.423. The van der Waals surface area contributed by atoms with E-state index in [1.54, 1.807) is 0 Å². The van der Waals surface area contributed by atoms with Crippen LogP contribution in [0.15, 0.2) is 41.6 Å². The number of oxime groups is 1. The number of carbonyl (C=O) groups excluding carboxylic acids is 2. The number of carbonyl (C=O) groups is 2. The minimum atomic E-state index is -5.41. The second-order valence-electron chi connectivity index (χ2n) is 10.2. The minimum Gasteiger partial charge on any atom is -0.374 e. The van der Waals surface area contributed by atoms with Gasteiger partial charge in [-0.3, -0.25) is 9.59 Å². The van der Waals surface area contributed by atoms with Gasteiger partial charge in [0, 0.05) is 29.1 Å². The molecule has 2 aliphatic rings. The largest absolute Gasteiger partial charge is 0.435 e. The zero-order valence-corrected chi connectivity index (χ0v) is 22.9. The van der Waals surface area contributed by atoms with E-state index in [0.29, 0.717) is 28.0 Å². The summed E-state index contributed by atoms with van der Waals surface area (Å²) in [5, 5.41) is 2.61. The quantitative estimate of drug-likeness (QED) is 0.302. The number of alkyl halides is 12. The molecule has 0 spiro atoms. The van der Waals surface area contributed by atoms with Crippen molar-refractivity contribution >= 4 is 29.1 Å². The van der Waals surface area contributed by atoms with Gasteiger partial charge in [-0.25, -0.2) is 0 Å². The summed E-state index contributed by atoms with van der Waals surface area (Å²) in [6.45, 7) is -2.20. The Kier molecular flexibility index (Phi) is 8.80. The monoisotopic (exact) mass is 683 g/mol. The van der Waals surface area contributed by atoms with E-state index in [-0.39, 0.29) is 6.07 Å². The Morgan fingerprint density at radius 2 is 1.60 bits per heavy atom. The van der Waals surface area contributed by atoms with Gasteiger partial charge in [-0.2, -0.15) is 52.7 Å². The molecule has 2 aliphatic heterocycles. The molecule has 19 heteroatoms. The van der Waals surface area contributed by atoms with Gasteiger partial charge in [-0.1, -0.05) is 22.8 Å². The highest BCUT2D eigenvalue weighted by molar-refractivity contribution is 6.30. The first-order valence-electron chi connectivity index (χ1n) is 12.5. The number of benzene rings is 2. The molecule has 1 atom stereocenters. The van der Waals surface area contributed by atoms with Crippen LogP contribution in [0.2, 0.25) is 5.02 Å². The molecule has 0 bridgehead atoms. The Morgan fingerprint density at radius 1 is 0.933 bits per heavy atom. The highest BCUT2D eigenvalue weighted by Crippen LogP contribution is 2.50. The third kappa shape index (κ3) is 7.58. The van der Waals surface area contributed by atoms with Crippen LogP contribution in [-0.2, 0) is 27.8 Å². The average Bonchev–Trinajstić information content (AvgIpc) is 3.50. The van der Waals surface area contributed by atoms with E-state index in [2.05, 4.69) is 9.99 Å². The van der Waals surface area contributed by atoms with Crippen LogP contribution in [0.1, 0.15) is 45.5 Å². The van der Waals surface area contributed by atoms with Gasteiger partial charge in [-0.05, 0) is 41.5 Å². The van der Waals surface area contributed by atoms with E-state index in [1.165, 1.54) is 0 Å². The summed E-state index contributed by atoms with van der Waals surface area (Å²) in [7, 11) is 0.